The monoisotopic (exact) mass is 345 g/mol. The summed E-state index contributed by atoms with van der Waals surface area (Å²) in [4.78, 5) is 19.5. The van der Waals surface area contributed by atoms with Crippen LogP contribution in [-0.2, 0) is 0 Å². The molecule has 1 N–H and O–H groups in total. The standard InChI is InChI=1S/C19H15N5O2/c25-24(26)15-7-5-6-14(12-15)19(22-18-10-3-4-11-20-18)23-13-21-16-8-1-2-9-17(16)23/h1-13,19H,(H,20,22). The molecule has 4 aromatic rings. The molecule has 2 aromatic carbocycles. The summed E-state index contributed by atoms with van der Waals surface area (Å²) in [5.41, 5.74) is 2.56. The lowest BCUT2D eigenvalue weighted by Gasteiger charge is -2.22. The van der Waals surface area contributed by atoms with E-state index >= 15 is 0 Å². The number of hydrogen-bond donors (Lipinski definition) is 1. The van der Waals surface area contributed by atoms with E-state index in [1.807, 2.05) is 53.1 Å². The summed E-state index contributed by atoms with van der Waals surface area (Å²) in [6, 6.07) is 19.9. The van der Waals surface area contributed by atoms with Gasteiger partial charge < -0.3 is 9.88 Å². The average molecular weight is 345 g/mol. The third-order valence-electron chi connectivity index (χ3n) is 4.11. The van der Waals surface area contributed by atoms with Crippen LogP contribution in [0.25, 0.3) is 11.0 Å². The maximum absolute atomic E-state index is 11.2. The van der Waals surface area contributed by atoms with E-state index in [4.69, 9.17) is 0 Å². The second-order valence-corrected chi connectivity index (χ2v) is 5.75. The van der Waals surface area contributed by atoms with E-state index in [0.29, 0.717) is 5.82 Å². The minimum absolute atomic E-state index is 0.0414. The summed E-state index contributed by atoms with van der Waals surface area (Å²) >= 11 is 0. The predicted octanol–water partition coefficient (Wildman–Crippen LogP) is 4.00. The Kier molecular flexibility index (Phi) is 4.03. The maximum atomic E-state index is 11.2. The number of aromatic nitrogens is 3. The number of nitro groups is 1. The minimum atomic E-state index is -0.395. The number of hydrogen-bond acceptors (Lipinski definition) is 5. The molecule has 7 nitrogen and oxygen atoms in total. The molecule has 7 heteroatoms. The van der Waals surface area contributed by atoms with Crippen LogP contribution in [0, 0.1) is 10.1 Å². The first-order valence-electron chi connectivity index (χ1n) is 8.06. The van der Waals surface area contributed by atoms with E-state index in [1.165, 1.54) is 6.07 Å². The molecule has 128 valence electrons. The van der Waals surface area contributed by atoms with Crippen molar-refractivity contribution in [1.29, 1.82) is 0 Å². The Labute approximate surface area is 149 Å². The molecule has 0 aliphatic rings. The number of rotatable bonds is 5. The lowest BCUT2D eigenvalue weighted by Crippen LogP contribution is -2.19. The second kappa shape index (κ2) is 6.64. The number of pyridine rings is 1. The summed E-state index contributed by atoms with van der Waals surface area (Å²) in [5, 5.41) is 14.5. The molecule has 0 aliphatic heterocycles. The number of nitrogens with zero attached hydrogens (tertiary/aromatic N) is 4. The van der Waals surface area contributed by atoms with Gasteiger partial charge in [0.15, 0.2) is 0 Å². The number of imidazole rings is 1. The van der Waals surface area contributed by atoms with Crippen LogP contribution in [0.2, 0.25) is 0 Å². The first-order valence-corrected chi connectivity index (χ1v) is 8.06. The third-order valence-corrected chi connectivity index (χ3v) is 4.11. The first kappa shape index (κ1) is 15.8. The van der Waals surface area contributed by atoms with Gasteiger partial charge >= 0.3 is 0 Å². The van der Waals surface area contributed by atoms with Gasteiger partial charge in [0.05, 0.1) is 22.3 Å². The Bertz CT molecular complexity index is 1060. The molecule has 1 unspecified atom stereocenters. The van der Waals surface area contributed by atoms with Gasteiger partial charge in [-0.2, -0.15) is 0 Å². The smallest absolute Gasteiger partial charge is 0.269 e. The average Bonchev–Trinajstić information content (AvgIpc) is 3.11. The van der Waals surface area contributed by atoms with Gasteiger partial charge in [-0.1, -0.05) is 30.3 Å². The molecule has 0 saturated carbocycles. The van der Waals surface area contributed by atoms with Crippen LogP contribution in [0.3, 0.4) is 0 Å². The summed E-state index contributed by atoms with van der Waals surface area (Å²) in [6.45, 7) is 0. The number of fused-ring (bicyclic) bond motifs is 1. The number of non-ortho nitro benzene ring substituents is 1. The van der Waals surface area contributed by atoms with Crippen molar-refractivity contribution in [2.24, 2.45) is 0 Å². The number of nitrogens with one attached hydrogen (secondary N) is 1. The fourth-order valence-corrected chi connectivity index (χ4v) is 2.89. The molecule has 0 amide bonds. The molecule has 4 rings (SSSR count). The number of para-hydroxylation sites is 2. The highest BCUT2D eigenvalue weighted by atomic mass is 16.6. The molecule has 26 heavy (non-hydrogen) atoms. The van der Waals surface area contributed by atoms with Crippen LogP contribution in [0.4, 0.5) is 11.5 Å². The van der Waals surface area contributed by atoms with Crippen molar-refractivity contribution < 1.29 is 4.92 Å². The van der Waals surface area contributed by atoms with Crippen molar-refractivity contribution >= 4 is 22.5 Å². The topological polar surface area (TPSA) is 85.9 Å². The van der Waals surface area contributed by atoms with E-state index in [1.54, 1.807) is 24.7 Å². The van der Waals surface area contributed by atoms with Crippen molar-refractivity contribution in [3.05, 3.63) is 94.9 Å². The van der Waals surface area contributed by atoms with Gasteiger partial charge in [-0.3, -0.25) is 10.1 Å². The van der Waals surface area contributed by atoms with Crippen molar-refractivity contribution in [2.45, 2.75) is 6.17 Å². The quantitative estimate of drug-likeness (QED) is 0.436. The van der Waals surface area contributed by atoms with E-state index < -0.39 is 11.1 Å². The number of anilines is 1. The molecule has 1 atom stereocenters. The fraction of sp³-hybridized carbons (Fsp3) is 0.0526. The minimum Gasteiger partial charge on any atom is -0.346 e. The van der Waals surface area contributed by atoms with Crippen LogP contribution in [0.5, 0.6) is 0 Å². The van der Waals surface area contributed by atoms with Crippen molar-refractivity contribution in [3.63, 3.8) is 0 Å². The molecule has 2 heterocycles. The van der Waals surface area contributed by atoms with Crippen molar-refractivity contribution in [1.82, 2.24) is 14.5 Å². The predicted molar refractivity (Wildman–Crippen MR) is 98.8 cm³/mol. The van der Waals surface area contributed by atoms with Crippen molar-refractivity contribution in [3.8, 4) is 0 Å². The Morgan fingerprint density at radius 1 is 1.00 bits per heavy atom. The Balaban J connectivity index is 1.84. The molecule has 0 fully saturated rings. The molecular weight excluding hydrogens is 330 g/mol. The zero-order valence-corrected chi connectivity index (χ0v) is 13.7. The van der Waals surface area contributed by atoms with Crippen molar-refractivity contribution in [2.75, 3.05) is 5.32 Å². The summed E-state index contributed by atoms with van der Waals surface area (Å²) in [7, 11) is 0. The summed E-state index contributed by atoms with van der Waals surface area (Å²) < 4.78 is 1.95. The summed E-state index contributed by atoms with van der Waals surface area (Å²) in [5.74, 6) is 0.668. The normalized spacial score (nSPS) is 12.0. The van der Waals surface area contributed by atoms with Gasteiger partial charge in [-0.05, 0) is 24.3 Å². The first-order chi connectivity index (χ1) is 12.7. The SMILES string of the molecule is O=[N+]([O-])c1cccc(C(Nc2ccccn2)n2cnc3ccccc32)c1. The molecular formula is C19H15N5O2. The van der Waals surface area contributed by atoms with Gasteiger partial charge in [0.1, 0.15) is 12.0 Å². The molecule has 0 aliphatic carbocycles. The van der Waals surface area contributed by atoms with Crippen LogP contribution in [0.1, 0.15) is 11.7 Å². The largest absolute Gasteiger partial charge is 0.346 e. The third kappa shape index (κ3) is 2.98. The van der Waals surface area contributed by atoms with E-state index in [-0.39, 0.29) is 5.69 Å². The number of benzene rings is 2. The Morgan fingerprint density at radius 3 is 2.65 bits per heavy atom. The Morgan fingerprint density at radius 2 is 1.85 bits per heavy atom. The van der Waals surface area contributed by atoms with Gasteiger partial charge in [0.25, 0.3) is 5.69 Å². The number of nitro benzene ring substituents is 1. The molecule has 0 spiro atoms. The zero-order chi connectivity index (χ0) is 17.9. The molecule has 2 aromatic heterocycles. The van der Waals surface area contributed by atoms with E-state index in [2.05, 4.69) is 15.3 Å². The van der Waals surface area contributed by atoms with E-state index in [0.717, 1.165) is 16.6 Å². The highest BCUT2D eigenvalue weighted by Crippen LogP contribution is 2.27. The second-order valence-electron chi connectivity index (χ2n) is 5.75. The fourth-order valence-electron chi connectivity index (χ4n) is 2.89. The molecule has 0 saturated heterocycles. The van der Waals surface area contributed by atoms with Crippen LogP contribution in [-0.4, -0.2) is 19.5 Å². The van der Waals surface area contributed by atoms with Crippen LogP contribution >= 0.6 is 0 Å². The highest BCUT2D eigenvalue weighted by molar-refractivity contribution is 5.75. The maximum Gasteiger partial charge on any atom is 0.269 e. The lowest BCUT2D eigenvalue weighted by atomic mass is 10.1. The van der Waals surface area contributed by atoms with Crippen LogP contribution < -0.4 is 5.32 Å². The Hall–Kier alpha value is -3.74. The highest BCUT2D eigenvalue weighted by Gasteiger charge is 2.19. The molecule has 0 radical (unpaired) electrons. The van der Waals surface area contributed by atoms with Gasteiger partial charge in [0, 0.05) is 23.9 Å². The van der Waals surface area contributed by atoms with Gasteiger partial charge in [-0.25, -0.2) is 9.97 Å². The van der Waals surface area contributed by atoms with Gasteiger partial charge in [-0.15, -0.1) is 0 Å². The molecule has 0 bridgehead atoms. The summed E-state index contributed by atoms with van der Waals surface area (Å²) in [6.07, 6.45) is 3.03. The van der Waals surface area contributed by atoms with Gasteiger partial charge in [0.2, 0.25) is 0 Å². The van der Waals surface area contributed by atoms with E-state index in [9.17, 15) is 10.1 Å². The van der Waals surface area contributed by atoms with Crippen LogP contribution in [0.15, 0.2) is 79.3 Å². The zero-order valence-electron chi connectivity index (χ0n) is 13.7. The lowest BCUT2D eigenvalue weighted by molar-refractivity contribution is -0.384.